The number of guanidine groups is 1. The summed E-state index contributed by atoms with van der Waals surface area (Å²) in [4.78, 5) is 15.8. The molecule has 0 aliphatic carbocycles. The van der Waals surface area contributed by atoms with Crippen LogP contribution in [-0.4, -0.2) is 11.9 Å². The highest BCUT2D eigenvalue weighted by atomic mass is 79.9. The zero-order valence-corrected chi connectivity index (χ0v) is 9.71. The van der Waals surface area contributed by atoms with Crippen LogP contribution in [0, 0.1) is 0 Å². The molecule has 1 unspecified atom stereocenters. The summed E-state index contributed by atoms with van der Waals surface area (Å²) in [6.45, 7) is 1.74. The van der Waals surface area contributed by atoms with E-state index in [2.05, 4.69) is 26.2 Å². The molecule has 3 N–H and O–H groups in total. The Kier molecular flexibility index (Phi) is 2.26. The van der Waals surface area contributed by atoms with Crippen LogP contribution in [0.15, 0.2) is 33.7 Å². The number of carbonyl (C=O) groups excluding carboxylic acids is 1. The predicted octanol–water partition coefficient (Wildman–Crippen LogP) is 1.11. The summed E-state index contributed by atoms with van der Waals surface area (Å²) < 4.78 is 0.963. The molecule has 0 spiro atoms. The molecule has 15 heavy (non-hydrogen) atoms. The molecule has 1 aromatic rings. The third kappa shape index (κ3) is 1.63. The van der Waals surface area contributed by atoms with Crippen molar-refractivity contribution in [2.75, 3.05) is 0 Å². The Balaban J connectivity index is 2.46. The maximum atomic E-state index is 11.7. The lowest BCUT2D eigenvalue weighted by atomic mass is 9.93. The van der Waals surface area contributed by atoms with E-state index in [-0.39, 0.29) is 11.9 Å². The SMILES string of the molecule is CC1(c2ccc(Br)cc2)N=C(N)NC1=O. The van der Waals surface area contributed by atoms with E-state index < -0.39 is 5.54 Å². The fourth-order valence-corrected chi connectivity index (χ4v) is 1.79. The molecule has 0 radical (unpaired) electrons. The van der Waals surface area contributed by atoms with Gasteiger partial charge in [-0.15, -0.1) is 0 Å². The molecular weight excluding hydrogens is 258 g/mol. The Morgan fingerprint density at radius 2 is 2.00 bits per heavy atom. The first-order valence-corrected chi connectivity index (χ1v) is 5.24. The molecule has 0 saturated heterocycles. The average Bonchev–Trinajstić information content (AvgIpc) is 2.42. The molecule has 1 aromatic carbocycles. The van der Waals surface area contributed by atoms with E-state index in [1.807, 2.05) is 24.3 Å². The number of halogens is 1. The molecule has 1 amide bonds. The van der Waals surface area contributed by atoms with Gasteiger partial charge in [0, 0.05) is 4.47 Å². The van der Waals surface area contributed by atoms with Gasteiger partial charge in [0.15, 0.2) is 11.5 Å². The van der Waals surface area contributed by atoms with Gasteiger partial charge >= 0.3 is 0 Å². The van der Waals surface area contributed by atoms with Crippen molar-refractivity contribution in [3.8, 4) is 0 Å². The van der Waals surface area contributed by atoms with E-state index in [9.17, 15) is 4.79 Å². The third-order valence-corrected chi connectivity index (χ3v) is 2.96. The van der Waals surface area contributed by atoms with Gasteiger partial charge in [0.25, 0.3) is 5.91 Å². The van der Waals surface area contributed by atoms with Crippen molar-refractivity contribution in [3.05, 3.63) is 34.3 Å². The Bertz CT molecular complexity index is 440. The van der Waals surface area contributed by atoms with Crippen molar-refractivity contribution in [2.24, 2.45) is 10.7 Å². The molecule has 1 heterocycles. The van der Waals surface area contributed by atoms with Gasteiger partial charge in [0.1, 0.15) is 0 Å². The van der Waals surface area contributed by atoms with Crippen LogP contribution in [0.1, 0.15) is 12.5 Å². The Morgan fingerprint density at radius 1 is 1.40 bits per heavy atom. The number of rotatable bonds is 1. The summed E-state index contributed by atoms with van der Waals surface area (Å²) in [7, 11) is 0. The zero-order chi connectivity index (χ0) is 11.1. The van der Waals surface area contributed by atoms with Gasteiger partial charge in [-0.3, -0.25) is 10.1 Å². The van der Waals surface area contributed by atoms with Crippen molar-refractivity contribution in [3.63, 3.8) is 0 Å². The van der Waals surface area contributed by atoms with Crippen LogP contribution in [0.3, 0.4) is 0 Å². The van der Waals surface area contributed by atoms with E-state index in [0.29, 0.717) is 0 Å². The maximum absolute atomic E-state index is 11.7. The zero-order valence-electron chi connectivity index (χ0n) is 8.12. The Morgan fingerprint density at radius 3 is 2.47 bits per heavy atom. The van der Waals surface area contributed by atoms with Gasteiger partial charge in [0.2, 0.25) is 0 Å². The molecule has 1 atom stereocenters. The minimum Gasteiger partial charge on any atom is -0.370 e. The highest BCUT2D eigenvalue weighted by molar-refractivity contribution is 9.10. The number of nitrogens with one attached hydrogen (secondary N) is 1. The van der Waals surface area contributed by atoms with E-state index in [1.165, 1.54) is 0 Å². The monoisotopic (exact) mass is 267 g/mol. The molecular formula is C10H10BrN3O. The van der Waals surface area contributed by atoms with Crippen LogP contribution in [-0.2, 0) is 10.3 Å². The molecule has 1 aliphatic rings. The molecule has 0 aromatic heterocycles. The molecule has 1 aliphatic heterocycles. The van der Waals surface area contributed by atoms with Gasteiger partial charge in [-0.05, 0) is 24.6 Å². The standard InChI is InChI=1S/C10H10BrN3O/c1-10(8(15)13-9(12)14-10)6-2-4-7(11)5-3-6/h2-5H,1H3,(H3,12,13,14,15). The van der Waals surface area contributed by atoms with Gasteiger partial charge in [-0.25, -0.2) is 4.99 Å². The number of hydrogen-bond donors (Lipinski definition) is 2. The van der Waals surface area contributed by atoms with Crippen molar-refractivity contribution in [2.45, 2.75) is 12.5 Å². The lowest BCUT2D eigenvalue weighted by Crippen LogP contribution is -2.37. The van der Waals surface area contributed by atoms with Crippen LogP contribution in [0.4, 0.5) is 0 Å². The van der Waals surface area contributed by atoms with E-state index in [1.54, 1.807) is 6.92 Å². The number of amides is 1. The van der Waals surface area contributed by atoms with Gasteiger partial charge < -0.3 is 5.73 Å². The third-order valence-electron chi connectivity index (χ3n) is 2.43. The first-order chi connectivity index (χ1) is 7.02. The van der Waals surface area contributed by atoms with Crippen molar-refractivity contribution >= 4 is 27.8 Å². The van der Waals surface area contributed by atoms with Crippen LogP contribution in [0.5, 0.6) is 0 Å². The van der Waals surface area contributed by atoms with Crippen LogP contribution >= 0.6 is 15.9 Å². The summed E-state index contributed by atoms with van der Waals surface area (Å²) in [6, 6.07) is 7.45. The molecule has 4 nitrogen and oxygen atoms in total. The number of aliphatic imine (C=N–C) groups is 1. The highest BCUT2D eigenvalue weighted by Crippen LogP contribution is 2.29. The first-order valence-electron chi connectivity index (χ1n) is 4.45. The molecule has 5 heteroatoms. The fraction of sp³-hybridized carbons (Fsp3) is 0.200. The Labute approximate surface area is 95.7 Å². The molecule has 0 saturated carbocycles. The molecule has 0 bridgehead atoms. The van der Waals surface area contributed by atoms with E-state index >= 15 is 0 Å². The fourth-order valence-electron chi connectivity index (χ4n) is 1.53. The molecule has 78 valence electrons. The summed E-state index contributed by atoms with van der Waals surface area (Å²) in [5.41, 5.74) is 5.40. The van der Waals surface area contributed by atoms with Crippen molar-refractivity contribution in [1.29, 1.82) is 0 Å². The number of carbonyl (C=O) groups is 1. The van der Waals surface area contributed by atoms with E-state index in [4.69, 9.17) is 5.73 Å². The van der Waals surface area contributed by atoms with Gasteiger partial charge in [0.05, 0.1) is 0 Å². The van der Waals surface area contributed by atoms with E-state index in [0.717, 1.165) is 10.0 Å². The lowest BCUT2D eigenvalue weighted by molar-refractivity contribution is -0.123. The molecule has 2 rings (SSSR count). The van der Waals surface area contributed by atoms with Gasteiger partial charge in [-0.2, -0.15) is 0 Å². The largest absolute Gasteiger partial charge is 0.370 e. The highest BCUT2D eigenvalue weighted by Gasteiger charge is 2.39. The second-order valence-corrected chi connectivity index (χ2v) is 4.45. The lowest BCUT2D eigenvalue weighted by Gasteiger charge is -2.17. The Hall–Kier alpha value is -1.36. The smallest absolute Gasteiger partial charge is 0.259 e. The number of nitrogens with zero attached hydrogens (tertiary/aromatic N) is 1. The van der Waals surface area contributed by atoms with Crippen molar-refractivity contribution in [1.82, 2.24) is 5.32 Å². The summed E-state index contributed by atoms with van der Waals surface area (Å²) in [5, 5.41) is 2.50. The summed E-state index contributed by atoms with van der Waals surface area (Å²) >= 11 is 3.34. The quantitative estimate of drug-likeness (QED) is 0.801. The van der Waals surface area contributed by atoms with Crippen LogP contribution in [0.2, 0.25) is 0 Å². The van der Waals surface area contributed by atoms with Crippen molar-refractivity contribution < 1.29 is 4.79 Å². The average molecular weight is 268 g/mol. The topological polar surface area (TPSA) is 67.5 Å². The minimum atomic E-state index is -0.898. The summed E-state index contributed by atoms with van der Waals surface area (Å²) in [6.07, 6.45) is 0. The second-order valence-electron chi connectivity index (χ2n) is 3.53. The first kappa shape index (κ1) is 10.2. The number of hydrogen-bond acceptors (Lipinski definition) is 3. The molecule has 0 fully saturated rings. The van der Waals surface area contributed by atoms with Gasteiger partial charge in [-0.1, -0.05) is 28.1 Å². The minimum absolute atomic E-state index is 0.172. The number of nitrogens with two attached hydrogens (primary N) is 1. The summed E-state index contributed by atoms with van der Waals surface area (Å²) in [5.74, 6) is -0.0206. The van der Waals surface area contributed by atoms with Crippen LogP contribution < -0.4 is 11.1 Å². The number of benzene rings is 1. The maximum Gasteiger partial charge on any atom is 0.259 e. The van der Waals surface area contributed by atoms with Crippen LogP contribution in [0.25, 0.3) is 0 Å². The predicted molar refractivity (Wildman–Crippen MR) is 61.3 cm³/mol. The second kappa shape index (κ2) is 3.34. The normalized spacial score (nSPS) is 24.9.